The maximum Gasteiger partial charge on any atom is 0.119 e. The summed E-state index contributed by atoms with van der Waals surface area (Å²) >= 11 is 0. The quantitative estimate of drug-likeness (QED) is 0.0611. The third kappa shape index (κ3) is 9.18. The highest BCUT2D eigenvalue weighted by Gasteiger charge is 2.36. The number of aryl methyl sites for hydroxylation is 1. The molecule has 0 amide bonds. The Morgan fingerprint density at radius 2 is 0.978 bits per heavy atom. The lowest BCUT2D eigenvalue weighted by Gasteiger charge is -2.36. The fourth-order valence-corrected chi connectivity index (χ4v) is 5.76. The molecule has 0 spiro atoms. The summed E-state index contributed by atoms with van der Waals surface area (Å²) in [5.74, 6) is 1.73. The number of hydrogen-bond donors (Lipinski definition) is 0. The number of epoxide rings is 2. The molecule has 0 bridgehead atoms. The summed E-state index contributed by atoms with van der Waals surface area (Å²) in [7, 11) is 0. The standard InChI is InChI=1S/C39H44O6/c1-3-9-31(10-4-1)21-22-39(32-11-5-2-6-12-32,33-13-17-35(18-14-33)42-25-7-23-40-27-37-29-44-37)34-15-19-36(20-16-34)43-26-8-24-41-28-38-30-45-38/h1-6,9-20,37-38H,7-8,21-30H2. The van der Waals surface area contributed by atoms with Gasteiger partial charge in [-0.05, 0) is 59.4 Å². The van der Waals surface area contributed by atoms with Crippen molar-refractivity contribution in [2.45, 2.75) is 43.3 Å². The van der Waals surface area contributed by atoms with E-state index in [0.29, 0.717) is 51.8 Å². The largest absolute Gasteiger partial charge is 0.494 e. The first-order valence-corrected chi connectivity index (χ1v) is 16.2. The van der Waals surface area contributed by atoms with Crippen LogP contribution in [0.2, 0.25) is 0 Å². The van der Waals surface area contributed by atoms with Gasteiger partial charge in [0.2, 0.25) is 0 Å². The van der Waals surface area contributed by atoms with Crippen LogP contribution in [0.1, 0.15) is 41.5 Å². The first-order chi connectivity index (χ1) is 22.3. The minimum absolute atomic E-state index is 0.298. The molecule has 6 rings (SSSR count). The normalized spacial score (nSPS) is 18.2. The van der Waals surface area contributed by atoms with Gasteiger partial charge in [0.05, 0.1) is 39.6 Å². The van der Waals surface area contributed by atoms with Crippen molar-refractivity contribution in [2.24, 2.45) is 0 Å². The predicted molar refractivity (Wildman–Crippen MR) is 175 cm³/mol. The molecule has 0 aliphatic carbocycles. The second-order valence-electron chi connectivity index (χ2n) is 11.8. The van der Waals surface area contributed by atoms with Crippen molar-refractivity contribution in [3.05, 3.63) is 131 Å². The van der Waals surface area contributed by atoms with Crippen LogP contribution in [0.15, 0.2) is 109 Å². The van der Waals surface area contributed by atoms with Crippen LogP contribution < -0.4 is 9.47 Å². The van der Waals surface area contributed by atoms with Crippen LogP contribution in [0.3, 0.4) is 0 Å². The van der Waals surface area contributed by atoms with Crippen LogP contribution in [0.5, 0.6) is 11.5 Å². The van der Waals surface area contributed by atoms with E-state index in [9.17, 15) is 0 Å². The molecule has 4 aromatic carbocycles. The molecule has 0 radical (unpaired) electrons. The van der Waals surface area contributed by atoms with Gasteiger partial charge in [0, 0.05) is 31.5 Å². The Kier molecular flexibility index (Phi) is 11.2. The van der Waals surface area contributed by atoms with Crippen molar-refractivity contribution >= 4 is 0 Å². The fraction of sp³-hybridized carbons (Fsp3) is 0.385. The van der Waals surface area contributed by atoms with E-state index in [1.54, 1.807) is 0 Å². The average molecular weight is 609 g/mol. The molecule has 2 fully saturated rings. The number of ether oxygens (including phenoxy) is 6. The summed E-state index contributed by atoms with van der Waals surface area (Å²) in [5, 5.41) is 0. The van der Waals surface area contributed by atoms with Gasteiger partial charge in [-0.15, -0.1) is 0 Å². The van der Waals surface area contributed by atoms with Crippen molar-refractivity contribution in [2.75, 3.05) is 52.9 Å². The smallest absolute Gasteiger partial charge is 0.119 e. The maximum absolute atomic E-state index is 6.09. The molecule has 2 aliphatic heterocycles. The molecular formula is C39H44O6. The number of benzene rings is 4. The molecule has 4 aromatic rings. The second-order valence-corrected chi connectivity index (χ2v) is 11.8. The molecule has 6 nitrogen and oxygen atoms in total. The highest BCUT2D eigenvalue weighted by molar-refractivity contribution is 5.52. The van der Waals surface area contributed by atoms with E-state index in [1.165, 1.54) is 22.3 Å². The Morgan fingerprint density at radius 1 is 0.533 bits per heavy atom. The molecule has 45 heavy (non-hydrogen) atoms. The zero-order valence-electron chi connectivity index (χ0n) is 26.0. The summed E-state index contributed by atoms with van der Waals surface area (Å²) in [6.07, 6.45) is 4.13. The van der Waals surface area contributed by atoms with Crippen LogP contribution in [-0.2, 0) is 30.8 Å². The summed E-state index contributed by atoms with van der Waals surface area (Å²) in [4.78, 5) is 0. The second kappa shape index (κ2) is 16.1. The molecule has 236 valence electrons. The molecule has 2 heterocycles. The minimum Gasteiger partial charge on any atom is -0.494 e. The van der Waals surface area contributed by atoms with Crippen LogP contribution in [0, 0.1) is 0 Å². The van der Waals surface area contributed by atoms with Gasteiger partial charge < -0.3 is 28.4 Å². The molecule has 2 saturated heterocycles. The van der Waals surface area contributed by atoms with Gasteiger partial charge in [-0.25, -0.2) is 0 Å². The Morgan fingerprint density at radius 3 is 1.44 bits per heavy atom. The fourth-order valence-electron chi connectivity index (χ4n) is 5.76. The third-order valence-electron chi connectivity index (χ3n) is 8.41. The first-order valence-electron chi connectivity index (χ1n) is 16.2. The van der Waals surface area contributed by atoms with Gasteiger partial charge in [0.1, 0.15) is 23.7 Å². The van der Waals surface area contributed by atoms with E-state index in [-0.39, 0.29) is 5.41 Å². The highest BCUT2D eigenvalue weighted by atomic mass is 16.6. The molecule has 2 aliphatic rings. The van der Waals surface area contributed by atoms with E-state index in [2.05, 4.69) is 109 Å². The number of rotatable bonds is 20. The predicted octanol–water partition coefficient (Wildman–Crippen LogP) is 7.02. The summed E-state index contributed by atoms with van der Waals surface area (Å²) in [6.45, 7) is 5.59. The van der Waals surface area contributed by atoms with Crippen LogP contribution >= 0.6 is 0 Å². The first kappa shape index (κ1) is 31.3. The Balaban J connectivity index is 1.19. The van der Waals surface area contributed by atoms with E-state index >= 15 is 0 Å². The zero-order valence-corrected chi connectivity index (χ0v) is 26.0. The van der Waals surface area contributed by atoms with Gasteiger partial charge >= 0.3 is 0 Å². The van der Waals surface area contributed by atoms with Crippen LogP contribution in [0.4, 0.5) is 0 Å². The lowest BCUT2D eigenvalue weighted by molar-refractivity contribution is 0.104. The van der Waals surface area contributed by atoms with Gasteiger partial charge in [0.15, 0.2) is 0 Å². The van der Waals surface area contributed by atoms with Crippen molar-refractivity contribution in [1.82, 2.24) is 0 Å². The molecule has 0 saturated carbocycles. The highest BCUT2D eigenvalue weighted by Crippen LogP contribution is 2.44. The van der Waals surface area contributed by atoms with Crippen LogP contribution in [-0.4, -0.2) is 65.1 Å². The van der Waals surface area contributed by atoms with Gasteiger partial charge in [-0.1, -0.05) is 84.9 Å². The van der Waals surface area contributed by atoms with E-state index in [4.69, 9.17) is 28.4 Å². The topological polar surface area (TPSA) is 62.0 Å². The van der Waals surface area contributed by atoms with Gasteiger partial charge in [-0.3, -0.25) is 0 Å². The number of hydrogen-bond acceptors (Lipinski definition) is 6. The van der Waals surface area contributed by atoms with Crippen molar-refractivity contribution in [1.29, 1.82) is 0 Å². The van der Waals surface area contributed by atoms with Crippen molar-refractivity contribution in [3.8, 4) is 11.5 Å². The zero-order chi connectivity index (χ0) is 30.6. The molecule has 6 heteroatoms. The summed E-state index contributed by atoms with van der Waals surface area (Å²) in [6, 6.07) is 38.9. The Hall–Kier alpha value is -3.68. The summed E-state index contributed by atoms with van der Waals surface area (Å²) < 4.78 is 33.9. The van der Waals surface area contributed by atoms with E-state index in [0.717, 1.165) is 50.4 Å². The van der Waals surface area contributed by atoms with Gasteiger partial charge in [-0.2, -0.15) is 0 Å². The summed E-state index contributed by atoms with van der Waals surface area (Å²) in [5.41, 5.74) is 4.68. The van der Waals surface area contributed by atoms with Crippen molar-refractivity contribution < 1.29 is 28.4 Å². The average Bonchev–Trinajstić information content (AvgIpc) is 4.04. The lowest BCUT2D eigenvalue weighted by atomic mass is 9.66. The molecule has 2 unspecified atom stereocenters. The van der Waals surface area contributed by atoms with E-state index < -0.39 is 0 Å². The minimum atomic E-state index is -0.369. The lowest BCUT2D eigenvalue weighted by Crippen LogP contribution is -2.30. The monoisotopic (exact) mass is 608 g/mol. The third-order valence-corrected chi connectivity index (χ3v) is 8.41. The SMILES string of the molecule is c1ccc(CCC(c2ccccc2)(c2ccc(OCCCOCC3CO3)cc2)c2ccc(OCCCOCC3CO3)cc2)cc1. The molecule has 0 aromatic heterocycles. The Labute approximate surface area is 267 Å². The van der Waals surface area contributed by atoms with Gasteiger partial charge in [0.25, 0.3) is 0 Å². The van der Waals surface area contributed by atoms with Crippen LogP contribution in [0.25, 0.3) is 0 Å². The molecular weight excluding hydrogens is 564 g/mol. The molecule has 2 atom stereocenters. The Bertz CT molecular complexity index is 1330. The maximum atomic E-state index is 6.09. The van der Waals surface area contributed by atoms with E-state index in [1.807, 2.05) is 0 Å². The molecule has 0 N–H and O–H groups in total. The van der Waals surface area contributed by atoms with Crippen molar-refractivity contribution in [3.63, 3.8) is 0 Å².